The maximum Gasteiger partial charge on any atom is 0.329 e. The number of carbonyl (C=O) groups is 2. The Hall–Kier alpha value is -3.29. The highest BCUT2D eigenvalue weighted by atomic mass is 35.5. The van der Waals surface area contributed by atoms with E-state index < -0.39 is 11.8 Å². The van der Waals surface area contributed by atoms with Crippen molar-refractivity contribution in [3.63, 3.8) is 0 Å². The molecule has 0 bridgehead atoms. The van der Waals surface area contributed by atoms with Gasteiger partial charge in [-0.05, 0) is 42.0 Å². The van der Waals surface area contributed by atoms with Gasteiger partial charge in [-0.3, -0.25) is 9.59 Å². The van der Waals surface area contributed by atoms with Gasteiger partial charge in [-0.2, -0.15) is 5.10 Å². The zero-order chi connectivity index (χ0) is 21.3. The maximum absolute atomic E-state index is 11.8. The lowest BCUT2D eigenvalue weighted by molar-refractivity contribution is -0.139. The van der Waals surface area contributed by atoms with E-state index in [9.17, 15) is 9.59 Å². The fraction of sp³-hybridized carbons (Fsp3) is 0.0952. The highest BCUT2D eigenvalue weighted by Gasteiger charge is 2.12. The molecule has 0 fully saturated rings. The average molecular weight is 446 g/mol. The van der Waals surface area contributed by atoms with Crippen LogP contribution < -0.4 is 15.5 Å². The Bertz CT molecular complexity index is 1050. The molecule has 0 spiro atoms. The van der Waals surface area contributed by atoms with Crippen molar-refractivity contribution in [1.29, 1.82) is 0 Å². The Labute approximate surface area is 182 Å². The summed E-state index contributed by atoms with van der Waals surface area (Å²) in [5.41, 5.74) is 3.64. The second-order valence-electron chi connectivity index (χ2n) is 6.06. The van der Waals surface area contributed by atoms with E-state index in [0.717, 1.165) is 5.56 Å². The van der Waals surface area contributed by atoms with Crippen LogP contribution in [0.15, 0.2) is 70.4 Å². The monoisotopic (exact) mass is 445 g/mol. The SMILES string of the molecule is O=C(NCc1ccco1)C(=O)N/N=C\c1cccc(OCc2ccc(Cl)cc2Cl)c1. The van der Waals surface area contributed by atoms with E-state index in [0.29, 0.717) is 27.1 Å². The van der Waals surface area contributed by atoms with E-state index in [2.05, 4.69) is 15.8 Å². The first-order valence-electron chi connectivity index (χ1n) is 8.81. The van der Waals surface area contributed by atoms with E-state index in [4.69, 9.17) is 32.4 Å². The lowest BCUT2D eigenvalue weighted by atomic mass is 10.2. The fourth-order valence-electron chi connectivity index (χ4n) is 2.36. The van der Waals surface area contributed by atoms with Gasteiger partial charge in [-0.15, -0.1) is 0 Å². The molecule has 30 heavy (non-hydrogen) atoms. The summed E-state index contributed by atoms with van der Waals surface area (Å²) in [6, 6.07) is 15.6. The van der Waals surface area contributed by atoms with E-state index in [-0.39, 0.29) is 13.2 Å². The number of nitrogens with zero attached hydrogens (tertiary/aromatic N) is 1. The van der Waals surface area contributed by atoms with Gasteiger partial charge in [0, 0.05) is 15.6 Å². The molecule has 0 aliphatic carbocycles. The summed E-state index contributed by atoms with van der Waals surface area (Å²) < 4.78 is 10.8. The fourth-order valence-corrected chi connectivity index (χ4v) is 2.82. The Morgan fingerprint density at radius 3 is 2.70 bits per heavy atom. The molecule has 0 saturated heterocycles. The van der Waals surface area contributed by atoms with Gasteiger partial charge in [0.25, 0.3) is 0 Å². The molecule has 0 aliphatic heterocycles. The lowest BCUT2D eigenvalue weighted by Crippen LogP contribution is -2.37. The van der Waals surface area contributed by atoms with Crippen molar-refractivity contribution in [2.45, 2.75) is 13.2 Å². The third-order valence-electron chi connectivity index (χ3n) is 3.86. The van der Waals surface area contributed by atoms with Gasteiger partial charge in [-0.1, -0.05) is 41.4 Å². The van der Waals surface area contributed by atoms with Gasteiger partial charge in [0.2, 0.25) is 0 Å². The lowest BCUT2D eigenvalue weighted by Gasteiger charge is -2.08. The number of hydrogen-bond donors (Lipinski definition) is 2. The molecule has 0 saturated carbocycles. The van der Waals surface area contributed by atoms with E-state index >= 15 is 0 Å². The number of nitrogens with one attached hydrogen (secondary N) is 2. The van der Waals surface area contributed by atoms with Gasteiger partial charge >= 0.3 is 11.8 Å². The molecule has 2 aromatic carbocycles. The van der Waals surface area contributed by atoms with Crippen LogP contribution in [0.5, 0.6) is 5.75 Å². The van der Waals surface area contributed by atoms with Crippen LogP contribution in [-0.2, 0) is 22.7 Å². The molecule has 3 rings (SSSR count). The van der Waals surface area contributed by atoms with Gasteiger partial charge in [0.15, 0.2) is 0 Å². The van der Waals surface area contributed by atoms with Crippen molar-refractivity contribution in [2.24, 2.45) is 5.10 Å². The van der Waals surface area contributed by atoms with E-state index in [1.165, 1.54) is 12.5 Å². The molecule has 1 aromatic heterocycles. The van der Waals surface area contributed by atoms with Crippen LogP contribution in [0.3, 0.4) is 0 Å². The van der Waals surface area contributed by atoms with Crippen LogP contribution in [0.25, 0.3) is 0 Å². The predicted octanol–water partition coefficient (Wildman–Crippen LogP) is 3.93. The number of rotatable bonds is 7. The number of furan rings is 1. The van der Waals surface area contributed by atoms with Crippen molar-refractivity contribution in [3.05, 3.63) is 87.8 Å². The number of benzene rings is 2. The predicted molar refractivity (Wildman–Crippen MR) is 114 cm³/mol. The molecule has 0 radical (unpaired) electrons. The van der Waals surface area contributed by atoms with Gasteiger partial charge in [-0.25, -0.2) is 5.43 Å². The van der Waals surface area contributed by atoms with Crippen molar-refractivity contribution < 1.29 is 18.7 Å². The summed E-state index contributed by atoms with van der Waals surface area (Å²) in [4.78, 5) is 23.5. The normalized spacial score (nSPS) is 10.7. The Morgan fingerprint density at radius 2 is 1.93 bits per heavy atom. The summed E-state index contributed by atoms with van der Waals surface area (Å²) >= 11 is 12.0. The third kappa shape index (κ3) is 6.37. The van der Waals surface area contributed by atoms with Gasteiger partial charge in [0.05, 0.1) is 19.0 Å². The van der Waals surface area contributed by atoms with Gasteiger partial charge in [0.1, 0.15) is 18.1 Å². The molecule has 7 nitrogen and oxygen atoms in total. The summed E-state index contributed by atoms with van der Waals surface area (Å²) in [6.07, 6.45) is 2.88. The molecule has 3 aromatic rings. The maximum atomic E-state index is 11.8. The Balaban J connectivity index is 1.49. The van der Waals surface area contributed by atoms with Crippen LogP contribution in [0.1, 0.15) is 16.9 Å². The molecule has 1 heterocycles. The Morgan fingerprint density at radius 1 is 1.07 bits per heavy atom. The molecule has 2 N–H and O–H groups in total. The molecule has 0 unspecified atom stereocenters. The zero-order valence-corrected chi connectivity index (χ0v) is 17.1. The first-order chi connectivity index (χ1) is 14.5. The van der Waals surface area contributed by atoms with E-state index in [1.807, 2.05) is 0 Å². The highest BCUT2D eigenvalue weighted by Crippen LogP contribution is 2.23. The van der Waals surface area contributed by atoms with Crippen LogP contribution in [-0.4, -0.2) is 18.0 Å². The minimum Gasteiger partial charge on any atom is -0.489 e. The number of hydrazone groups is 1. The summed E-state index contributed by atoms with van der Waals surface area (Å²) in [5, 5.41) is 7.29. The van der Waals surface area contributed by atoms with Crippen LogP contribution >= 0.6 is 23.2 Å². The van der Waals surface area contributed by atoms with Crippen LogP contribution in [0, 0.1) is 0 Å². The van der Waals surface area contributed by atoms with Crippen LogP contribution in [0.2, 0.25) is 10.0 Å². The molecule has 0 atom stereocenters. The molecule has 0 aliphatic rings. The van der Waals surface area contributed by atoms with Crippen molar-refractivity contribution in [1.82, 2.24) is 10.7 Å². The minimum atomic E-state index is -0.886. The first kappa shape index (κ1) is 21.4. The number of hydrogen-bond acceptors (Lipinski definition) is 5. The summed E-state index contributed by atoms with van der Waals surface area (Å²) in [7, 11) is 0. The highest BCUT2D eigenvalue weighted by molar-refractivity contribution is 6.35. The zero-order valence-electron chi connectivity index (χ0n) is 15.6. The smallest absolute Gasteiger partial charge is 0.329 e. The number of ether oxygens (including phenoxy) is 1. The largest absolute Gasteiger partial charge is 0.489 e. The van der Waals surface area contributed by atoms with E-state index in [1.54, 1.807) is 54.6 Å². The number of amides is 2. The number of halogens is 2. The van der Waals surface area contributed by atoms with Crippen LogP contribution in [0.4, 0.5) is 0 Å². The summed E-state index contributed by atoms with van der Waals surface area (Å²) in [5.74, 6) is -0.577. The standard InChI is InChI=1S/C21H17Cl2N3O4/c22-16-7-6-15(19(23)10-16)13-30-17-4-1-3-14(9-17)11-25-26-21(28)20(27)24-12-18-5-2-8-29-18/h1-11H,12-13H2,(H,24,27)(H,26,28)/b25-11-. The first-order valence-corrected chi connectivity index (χ1v) is 9.57. The number of carbonyl (C=O) groups excluding carboxylic acids is 2. The molecule has 9 heteroatoms. The summed E-state index contributed by atoms with van der Waals surface area (Å²) in [6.45, 7) is 0.378. The minimum absolute atomic E-state index is 0.111. The van der Waals surface area contributed by atoms with Crippen molar-refractivity contribution in [2.75, 3.05) is 0 Å². The molecular formula is C21H17Cl2N3O4. The van der Waals surface area contributed by atoms with Crippen molar-refractivity contribution >= 4 is 41.2 Å². The quantitative estimate of drug-likeness (QED) is 0.327. The molecule has 2 amide bonds. The average Bonchev–Trinajstić information content (AvgIpc) is 3.25. The van der Waals surface area contributed by atoms with Gasteiger partial charge < -0.3 is 14.5 Å². The molecule has 154 valence electrons. The topological polar surface area (TPSA) is 92.9 Å². The van der Waals surface area contributed by atoms with Crippen molar-refractivity contribution in [3.8, 4) is 5.75 Å². The second kappa shape index (κ2) is 10.5. The Kier molecular flexibility index (Phi) is 7.48. The molecular weight excluding hydrogens is 429 g/mol. The second-order valence-corrected chi connectivity index (χ2v) is 6.90. The third-order valence-corrected chi connectivity index (χ3v) is 4.44.